The summed E-state index contributed by atoms with van der Waals surface area (Å²) < 4.78 is 32.9. The maximum atomic E-state index is 13.9. The molecular formula is C14H18F2N2O. The van der Waals surface area contributed by atoms with Crippen LogP contribution in [0.5, 0.6) is 5.75 Å². The van der Waals surface area contributed by atoms with E-state index in [1.54, 1.807) is 0 Å². The molecule has 0 aliphatic carbocycles. The second-order valence-electron chi connectivity index (χ2n) is 5.07. The molecule has 0 spiro atoms. The highest BCUT2D eigenvalue weighted by atomic mass is 19.1. The van der Waals surface area contributed by atoms with Gasteiger partial charge in [0, 0.05) is 56.3 Å². The molecule has 1 N–H and O–H groups in total. The zero-order valence-corrected chi connectivity index (χ0v) is 10.8. The first-order valence-electron chi connectivity index (χ1n) is 6.81. The molecule has 0 unspecified atom stereocenters. The van der Waals surface area contributed by atoms with Gasteiger partial charge in [-0.15, -0.1) is 0 Å². The molecule has 0 atom stereocenters. The zero-order chi connectivity index (χ0) is 13.2. The molecule has 0 radical (unpaired) electrons. The number of ether oxygens (including phenoxy) is 1. The molecule has 19 heavy (non-hydrogen) atoms. The Morgan fingerprint density at radius 2 is 2.00 bits per heavy atom. The molecule has 0 aromatic heterocycles. The molecule has 1 aromatic carbocycles. The molecule has 1 saturated heterocycles. The molecule has 104 valence electrons. The summed E-state index contributed by atoms with van der Waals surface area (Å²) in [6.07, 6.45) is 1.12. The van der Waals surface area contributed by atoms with Gasteiger partial charge >= 0.3 is 0 Å². The van der Waals surface area contributed by atoms with Crippen molar-refractivity contribution in [3.63, 3.8) is 0 Å². The van der Waals surface area contributed by atoms with Crippen LogP contribution in [0, 0.1) is 11.6 Å². The van der Waals surface area contributed by atoms with Crippen LogP contribution in [0.15, 0.2) is 6.07 Å². The minimum Gasteiger partial charge on any atom is -0.492 e. The van der Waals surface area contributed by atoms with Crippen LogP contribution in [0.3, 0.4) is 0 Å². The largest absolute Gasteiger partial charge is 0.492 e. The normalized spacial score (nSPS) is 19.3. The van der Waals surface area contributed by atoms with E-state index in [0.29, 0.717) is 36.3 Å². The topological polar surface area (TPSA) is 24.5 Å². The van der Waals surface area contributed by atoms with Gasteiger partial charge in [0.15, 0.2) is 0 Å². The van der Waals surface area contributed by atoms with Crippen LogP contribution in [0.4, 0.5) is 8.78 Å². The van der Waals surface area contributed by atoms with Gasteiger partial charge in [0.2, 0.25) is 0 Å². The Hall–Kier alpha value is -1.20. The summed E-state index contributed by atoms with van der Waals surface area (Å²) in [4.78, 5) is 2.29. The van der Waals surface area contributed by atoms with Crippen molar-refractivity contribution in [2.24, 2.45) is 0 Å². The van der Waals surface area contributed by atoms with E-state index in [9.17, 15) is 8.78 Å². The van der Waals surface area contributed by atoms with Gasteiger partial charge in [-0.3, -0.25) is 0 Å². The lowest BCUT2D eigenvalue weighted by Crippen LogP contribution is -2.44. The summed E-state index contributed by atoms with van der Waals surface area (Å²) in [7, 11) is 0. The van der Waals surface area contributed by atoms with Gasteiger partial charge in [0.25, 0.3) is 0 Å². The fourth-order valence-electron chi connectivity index (χ4n) is 2.78. The third-order valence-corrected chi connectivity index (χ3v) is 3.86. The highest BCUT2D eigenvalue weighted by Crippen LogP contribution is 2.34. The SMILES string of the molecule is Fc1cc(F)c(CCN2CCNCC2)c2c1CCO2. The molecule has 2 aliphatic heterocycles. The van der Waals surface area contributed by atoms with Crippen molar-refractivity contribution < 1.29 is 13.5 Å². The van der Waals surface area contributed by atoms with Crippen molar-refractivity contribution in [1.29, 1.82) is 0 Å². The van der Waals surface area contributed by atoms with Gasteiger partial charge < -0.3 is 15.0 Å². The quantitative estimate of drug-likeness (QED) is 0.895. The smallest absolute Gasteiger partial charge is 0.133 e. The molecule has 5 heteroatoms. The highest BCUT2D eigenvalue weighted by Gasteiger charge is 2.24. The molecule has 1 aromatic rings. The van der Waals surface area contributed by atoms with E-state index in [2.05, 4.69) is 10.2 Å². The number of nitrogens with zero attached hydrogens (tertiary/aromatic N) is 1. The first-order valence-corrected chi connectivity index (χ1v) is 6.81. The van der Waals surface area contributed by atoms with Gasteiger partial charge in [0.05, 0.1) is 6.61 Å². The van der Waals surface area contributed by atoms with Crippen LogP contribution in [0.2, 0.25) is 0 Å². The first kappa shape index (κ1) is 12.8. The summed E-state index contributed by atoms with van der Waals surface area (Å²) in [5.41, 5.74) is 1.07. The number of halogens is 2. The number of benzene rings is 1. The minimum atomic E-state index is -0.478. The molecule has 3 nitrogen and oxygen atoms in total. The lowest BCUT2D eigenvalue weighted by atomic mass is 10.0. The second-order valence-corrected chi connectivity index (χ2v) is 5.07. The maximum Gasteiger partial charge on any atom is 0.133 e. The Labute approximate surface area is 111 Å². The van der Waals surface area contributed by atoms with Crippen LogP contribution in [0.25, 0.3) is 0 Å². The molecular weight excluding hydrogens is 250 g/mol. The van der Waals surface area contributed by atoms with Crippen LogP contribution < -0.4 is 10.1 Å². The standard InChI is InChI=1S/C14H18F2N2O/c15-12-9-13(16)11-2-8-19-14(11)10(12)1-5-18-6-3-17-4-7-18/h9,17H,1-8H2. The number of hydrogen-bond donors (Lipinski definition) is 1. The summed E-state index contributed by atoms with van der Waals surface area (Å²) in [6, 6.07) is 1.00. The third-order valence-electron chi connectivity index (χ3n) is 3.86. The summed E-state index contributed by atoms with van der Waals surface area (Å²) in [6.45, 7) is 5.15. The lowest BCUT2D eigenvalue weighted by Gasteiger charge is -2.27. The van der Waals surface area contributed by atoms with Crippen molar-refractivity contribution in [1.82, 2.24) is 10.2 Å². The number of hydrogen-bond acceptors (Lipinski definition) is 3. The van der Waals surface area contributed by atoms with Gasteiger partial charge in [-0.1, -0.05) is 0 Å². The van der Waals surface area contributed by atoms with Gasteiger partial charge in [-0.25, -0.2) is 8.78 Å². The Kier molecular flexibility index (Phi) is 3.66. The van der Waals surface area contributed by atoms with Crippen molar-refractivity contribution in [3.8, 4) is 5.75 Å². The van der Waals surface area contributed by atoms with Crippen LogP contribution in [-0.4, -0.2) is 44.2 Å². The predicted molar refractivity (Wildman–Crippen MR) is 68.6 cm³/mol. The van der Waals surface area contributed by atoms with E-state index < -0.39 is 11.6 Å². The summed E-state index contributed by atoms with van der Waals surface area (Å²) >= 11 is 0. The fraction of sp³-hybridized carbons (Fsp3) is 0.571. The van der Waals surface area contributed by atoms with E-state index >= 15 is 0 Å². The first-order chi connectivity index (χ1) is 9.25. The molecule has 0 bridgehead atoms. The van der Waals surface area contributed by atoms with Crippen molar-refractivity contribution in [2.45, 2.75) is 12.8 Å². The lowest BCUT2D eigenvalue weighted by molar-refractivity contribution is 0.242. The zero-order valence-electron chi connectivity index (χ0n) is 10.8. The van der Waals surface area contributed by atoms with Gasteiger partial charge in [0.1, 0.15) is 17.4 Å². The predicted octanol–water partition coefficient (Wildman–Crippen LogP) is 1.35. The number of nitrogens with one attached hydrogen (secondary N) is 1. The van der Waals surface area contributed by atoms with Crippen molar-refractivity contribution in [3.05, 3.63) is 28.8 Å². The Morgan fingerprint density at radius 1 is 1.21 bits per heavy atom. The number of fused-ring (bicyclic) bond motifs is 1. The Balaban J connectivity index is 1.75. The van der Waals surface area contributed by atoms with E-state index in [1.807, 2.05) is 0 Å². The van der Waals surface area contributed by atoms with E-state index in [4.69, 9.17) is 4.74 Å². The summed E-state index contributed by atoms with van der Waals surface area (Å²) in [5.74, 6) is -0.503. The minimum absolute atomic E-state index is 0.452. The molecule has 1 fully saturated rings. The van der Waals surface area contributed by atoms with Crippen molar-refractivity contribution in [2.75, 3.05) is 39.3 Å². The Bertz CT molecular complexity index is 473. The average molecular weight is 268 g/mol. The molecule has 0 saturated carbocycles. The van der Waals surface area contributed by atoms with Gasteiger partial charge in [-0.2, -0.15) is 0 Å². The van der Waals surface area contributed by atoms with E-state index in [-0.39, 0.29) is 0 Å². The number of piperazine rings is 1. The Morgan fingerprint density at radius 3 is 2.79 bits per heavy atom. The van der Waals surface area contributed by atoms with Crippen LogP contribution in [0.1, 0.15) is 11.1 Å². The fourth-order valence-corrected chi connectivity index (χ4v) is 2.78. The monoisotopic (exact) mass is 268 g/mol. The van der Waals surface area contributed by atoms with Gasteiger partial charge in [-0.05, 0) is 6.42 Å². The number of rotatable bonds is 3. The molecule has 2 aliphatic rings. The van der Waals surface area contributed by atoms with E-state index in [0.717, 1.165) is 38.8 Å². The van der Waals surface area contributed by atoms with Crippen LogP contribution >= 0.6 is 0 Å². The third kappa shape index (κ3) is 2.58. The van der Waals surface area contributed by atoms with E-state index in [1.165, 1.54) is 0 Å². The molecule has 2 heterocycles. The average Bonchev–Trinajstić information content (AvgIpc) is 2.89. The highest BCUT2D eigenvalue weighted by molar-refractivity contribution is 5.46. The van der Waals surface area contributed by atoms with Crippen molar-refractivity contribution >= 4 is 0 Å². The second kappa shape index (κ2) is 5.43. The molecule has 3 rings (SSSR count). The molecule has 0 amide bonds. The maximum absolute atomic E-state index is 13.9. The summed E-state index contributed by atoms with van der Waals surface area (Å²) in [5, 5.41) is 3.28. The van der Waals surface area contributed by atoms with Crippen LogP contribution in [-0.2, 0) is 12.8 Å².